The summed E-state index contributed by atoms with van der Waals surface area (Å²) in [6, 6.07) is 3.58. The standard InChI is InChI=1S/C9H6ClNO2S/c1-5-11-9(6(4-12)13-5)7-2-3-8(10)14-7/h2-4H,1H3. The first kappa shape index (κ1) is 9.43. The van der Waals surface area contributed by atoms with Crippen LogP contribution in [0.15, 0.2) is 16.5 Å². The van der Waals surface area contributed by atoms with Crippen molar-refractivity contribution in [1.29, 1.82) is 0 Å². The number of carbonyl (C=O) groups excluding carboxylic acids is 1. The number of thiophene rings is 1. The zero-order valence-electron chi connectivity index (χ0n) is 7.28. The number of nitrogens with zero attached hydrogens (tertiary/aromatic N) is 1. The number of halogens is 1. The summed E-state index contributed by atoms with van der Waals surface area (Å²) in [6.07, 6.45) is 0.656. The first-order valence-corrected chi connectivity index (χ1v) is 5.08. The first-order chi connectivity index (χ1) is 6.70. The summed E-state index contributed by atoms with van der Waals surface area (Å²) < 4.78 is 5.78. The van der Waals surface area contributed by atoms with E-state index < -0.39 is 0 Å². The van der Waals surface area contributed by atoms with Gasteiger partial charge in [0.15, 0.2) is 17.9 Å². The normalized spacial score (nSPS) is 10.4. The Hall–Kier alpha value is -1.13. The van der Waals surface area contributed by atoms with Gasteiger partial charge in [0, 0.05) is 6.92 Å². The third kappa shape index (κ3) is 1.58. The minimum Gasteiger partial charge on any atom is -0.437 e. The van der Waals surface area contributed by atoms with E-state index in [0.717, 1.165) is 4.88 Å². The van der Waals surface area contributed by atoms with E-state index in [-0.39, 0.29) is 5.76 Å². The Labute approximate surface area is 89.3 Å². The van der Waals surface area contributed by atoms with Gasteiger partial charge in [0.25, 0.3) is 0 Å². The lowest BCUT2D eigenvalue weighted by atomic mass is 10.3. The molecule has 0 saturated carbocycles. The van der Waals surface area contributed by atoms with Crippen molar-refractivity contribution >= 4 is 29.2 Å². The van der Waals surface area contributed by atoms with E-state index in [9.17, 15) is 4.79 Å². The molecule has 0 aliphatic heterocycles. The van der Waals surface area contributed by atoms with Crippen molar-refractivity contribution in [2.24, 2.45) is 0 Å². The lowest BCUT2D eigenvalue weighted by Crippen LogP contribution is -1.79. The Morgan fingerprint density at radius 3 is 2.93 bits per heavy atom. The van der Waals surface area contributed by atoms with Crippen LogP contribution in [-0.2, 0) is 0 Å². The van der Waals surface area contributed by atoms with Crippen LogP contribution in [0.4, 0.5) is 0 Å². The van der Waals surface area contributed by atoms with Crippen molar-refractivity contribution in [3.63, 3.8) is 0 Å². The first-order valence-electron chi connectivity index (χ1n) is 3.89. The molecular weight excluding hydrogens is 222 g/mol. The van der Waals surface area contributed by atoms with Gasteiger partial charge in [0.05, 0.1) is 9.21 Å². The highest BCUT2D eigenvalue weighted by Crippen LogP contribution is 2.32. The van der Waals surface area contributed by atoms with E-state index >= 15 is 0 Å². The fourth-order valence-corrected chi connectivity index (χ4v) is 2.18. The highest BCUT2D eigenvalue weighted by molar-refractivity contribution is 7.19. The number of aromatic nitrogens is 1. The number of aldehydes is 1. The average molecular weight is 228 g/mol. The predicted octanol–water partition coefficient (Wildman–Crippen LogP) is 3.18. The Kier molecular flexibility index (Phi) is 2.39. The second kappa shape index (κ2) is 3.55. The fraction of sp³-hybridized carbons (Fsp3) is 0.111. The van der Waals surface area contributed by atoms with E-state index in [2.05, 4.69) is 4.98 Å². The Bertz CT molecular complexity index is 475. The number of rotatable bonds is 2. The SMILES string of the molecule is Cc1nc(-c2ccc(Cl)s2)c(C=O)o1. The lowest BCUT2D eigenvalue weighted by Gasteiger charge is -1.87. The lowest BCUT2D eigenvalue weighted by molar-refractivity contribution is 0.110. The molecule has 2 rings (SSSR count). The van der Waals surface area contributed by atoms with Gasteiger partial charge in [-0.1, -0.05) is 11.6 Å². The van der Waals surface area contributed by atoms with Crippen LogP contribution in [0.3, 0.4) is 0 Å². The maximum Gasteiger partial charge on any atom is 0.195 e. The summed E-state index contributed by atoms with van der Waals surface area (Å²) in [5.74, 6) is 0.729. The maximum absolute atomic E-state index is 10.7. The van der Waals surface area contributed by atoms with E-state index in [1.165, 1.54) is 11.3 Å². The molecule has 0 amide bonds. The van der Waals surface area contributed by atoms with Gasteiger partial charge in [0.2, 0.25) is 0 Å². The minimum atomic E-state index is 0.251. The highest BCUT2D eigenvalue weighted by atomic mass is 35.5. The quantitative estimate of drug-likeness (QED) is 0.740. The molecule has 0 radical (unpaired) electrons. The summed E-state index contributed by atoms with van der Waals surface area (Å²) in [4.78, 5) is 15.6. The molecule has 0 saturated heterocycles. The van der Waals surface area contributed by atoms with Crippen molar-refractivity contribution < 1.29 is 9.21 Å². The van der Waals surface area contributed by atoms with Crippen molar-refractivity contribution in [2.75, 3.05) is 0 Å². The second-order valence-electron chi connectivity index (χ2n) is 2.67. The molecule has 72 valence electrons. The summed E-state index contributed by atoms with van der Waals surface area (Å²) in [5, 5.41) is 0. The summed E-state index contributed by atoms with van der Waals surface area (Å²) in [6.45, 7) is 1.70. The van der Waals surface area contributed by atoms with Crippen LogP contribution in [0.5, 0.6) is 0 Å². The van der Waals surface area contributed by atoms with Crippen LogP contribution in [-0.4, -0.2) is 11.3 Å². The number of carbonyl (C=O) groups is 1. The predicted molar refractivity (Wildman–Crippen MR) is 55.0 cm³/mol. The van der Waals surface area contributed by atoms with Crippen LogP contribution in [0, 0.1) is 6.92 Å². The van der Waals surface area contributed by atoms with E-state index in [1.807, 2.05) is 6.07 Å². The molecule has 5 heteroatoms. The third-order valence-electron chi connectivity index (χ3n) is 1.67. The second-order valence-corrected chi connectivity index (χ2v) is 4.38. The van der Waals surface area contributed by atoms with Crippen molar-refractivity contribution in [1.82, 2.24) is 4.98 Å². The molecule has 0 aromatic carbocycles. The van der Waals surface area contributed by atoms with Gasteiger partial charge in [-0.25, -0.2) is 4.98 Å². The summed E-state index contributed by atoms with van der Waals surface area (Å²) >= 11 is 7.15. The van der Waals surface area contributed by atoms with Crippen molar-refractivity contribution in [2.45, 2.75) is 6.92 Å². The topological polar surface area (TPSA) is 43.1 Å². The highest BCUT2D eigenvalue weighted by Gasteiger charge is 2.13. The third-order valence-corrected chi connectivity index (χ3v) is 2.91. The van der Waals surface area contributed by atoms with Crippen LogP contribution in [0.25, 0.3) is 10.6 Å². The number of oxazole rings is 1. The maximum atomic E-state index is 10.7. The molecule has 0 aliphatic carbocycles. The zero-order valence-corrected chi connectivity index (χ0v) is 8.85. The van der Waals surface area contributed by atoms with Gasteiger partial charge in [0.1, 0.15) is 5.69 Å². The molecule has 2 heterocycles. The van der Waals surface area contributed by atoms with Gasteiger partial charge in [-0.15, -0.1) is 11.3 Å². The molecule has 0 unspecified atom stereocenters. The summed E-state index contributed by atoms with van der Waals surface area (Å²) in [5.41, 5.74) is 0.564. The molecule has 2 aromatic heterocycles. The Balaban J connectivity index is 2.55. The van der Waals surface area contributed by atoms with E-state index in [0.29, 0.717) is 22.2 Å². The van der Waals surface area contributed by atoms with Crippen LogP contribution in [0.1, 0.15) is 16.4 Å². The molecule has 0 spiro atoms. The molecule has 0 fully saturated rings. The molecule has 3 nitrogen and oxygen atoms in total. The molecule has 14 heavy (non-hydrogen) atoms. The van der Waals surface area contributed by atoms with E-state index in [4.69, 9.17) is 16.0 Å². The number of hydrogen-bond donors (Lipinski definition) is 0. The number of hydrogen-bond acceptors (Lipinski definition) is 4. The summed E-state index contributed by atoms with van der Waals surface area (Å²) in [7, 11) is 0. The van der Waals surface area contributed by atoms with Gasteiger partial charge in [-0.05, 0) is 12.1 Å². The molecule has 2 aromatic rings. The van der Waals surface area contributed by atoms with Crippen LogP contribution in [0.2, 0.25) is 4.34 Å². The monoisotopic (exact) mass is 227 g/mol. The molecule has 0 N–H and O–H groups in total. The van der Waals surface area contributed by atoms with Crippen molar-refractivity contribution in [3.8, 4) is 10.6 Å². The average Bonchev–Trinajstić information content (AvgIpc) is 2.71. The number of aryl methyl sites for hydroxylation is 1. The van der Waals surface area contributed by atoms with Crippen molar-refractivity contribution in [3.05, 3.63) is 28.1 Å². The van der Waals surface area contributed by atoms with Crippen LogP contribution < -0.4 is 0 Å². The largest absolute Gasteiger partial charge is 0.437 e. The molecule has 0 bridgehead atoms. The molecule has 0 atom stereocenters. The van der Waals surface area contributed by atoms with Gasteiger partial charge in [-0.3, -0.25) is 4.79 Å². The molecule has 0 aliphatic rings. The Morgan fingerprint density at radius 2 is 2.36 bits per heavy atom. The zero-order chi connectivity index (χ0) is 10.1. The van der Waals surface area contributed by atoms with Crippen LogP contribution >= 0.6 is 22.9 Å². The minimum absolute atomic E-state index is 0.251. The van der Waals surface area contributed by atoms with E-state index in [1.54, 1.807) is 13.0 Å². The molecular formula is C9H6ClNO2S. The van der Waals surface area contributed by atoms with Gasteiger partial charge >= 0.3 is 0 Å². The smallest absolute Gasteiger partial charge is 0.195 e. The van der Waals surface area contributed by atoms with Gasteiger partial charge in [-0.2, -0.15) is 0 Å². The Morgan fingerprint density at radius 1 is 1.57 bits per heavy atom. The van der Waals surface area contributed by atoms with Gasteiger partial charge < -0.3 is 4.42 Å². The fourth-order valence-electron chi connectivity index (χ4n) is 1.14.